The summed E-state index contributed by atoms with van der Waals surface area (Å²) in [5, 5.41) is 15.4. The lowest BCUT2D eigenvalue weighted by Gasteiger charge is -2.28. The minimum absolute atomic E-state index is 0.0314. The van der Waals surface area contributed by atoms with E-state index in [-0.39, 0.29) is 22.6 Å². The number of para-hydroxylation sites is 1. The first-order chi connectivity index (χ1) is 14.1. The van der Waals surface area contributed by atoms with E-state index in [1.54, 1.807) is 12.1 Å². The number of benzene rings is 3. The second-order valence-corrected chi connectivity index (χ2v) is 7.78. The van der Waals surface area contributed by atoms with Crippen LogP contribution in [0.1, 0.15) is 34.3 Å². The van der Waals surface area contributed by atoms with Crippen LogP contribution in [-0.2, 0) is 0 Å². The van der Waals surface area contributed by atoms with E-state index in [0.29, 0.717) is 0 Å². The van der Waals surface area contributed by atoms with Crippen LogP contribution >= 0.6 is 11.6 Å². The molecule has 2 heterocycles. The molecular formula is C23H19ClN3O2+. The molecule has 0 radical (unpaired) electrons. The Morgan fingerprint density at radius 1 is 1.03 bits per heavy atom. The maximum Gasteiger partial charge on any atom is 0.269 e. The molecule has 0 amide bonds. The monoisotopic (exact) mass is 404 g/mol. The number of H-pyrrole nitrogens is 1. The van der Waals surface area contributed by atoms with E-state index < -0.39 is 0 Å². The van der Waals surface area contributed by atoms with Crippen LogP contribution in [0.15, 0.2) is 72.8 Å². The minimum atomic E-state index is -0.342. The van der Waals surface area contributed by atoms with Gasteiger partial charge in [0.25, 0.3) is 5.69 Å². The molecule has 6 heteroatoms. The standard InChI is InChI=1S/C23H18ClN3O2/c24-19-10-3-1-8-16(19)18-13-25-22(14-6-5-7-15(12-14)27(28)29)23-21(18)17-9-2-4-11-20(17)26-23/h1-12,18,22,25-26H,13H2/p+1/t18-,22+/m1/s1. The fourth-order valence-electron chi connectivity index (χ4n) is 4.49. The van der Waals surface area contributed by atoms with Gasteiger partial charge >= 0.3 is 0 Å². The molecule has 0 saturated heterocycles. The molecule has 0 unspecified atom stereocenters. The molecule has 5 nitrogen and oxygen atoms in total. The van der Waals surface area contributed by atoms with Gasteiger partial charge < -0.3 is 10.3 Å². The molecule has 0 bridgehead atoms. The average Bonchev–Trinajstić information content (AvgIpc) is 3.13. The van der Waals surface area contributed by atoms with Gasteiger partial charge in [-0.25, -0.2) is 0 Å². The molecule has 3 N–H and O–H groups in total. The second kappa shape index (κ2) is 7.03. The highest BCUT2D eigenvalue weighted by Crippen LogP contribution is 2.41. The van der Waals surface area contributed by atoms with Crippen LogP contribution in [0.2, 0.25) is 5.02 Å². The van der Waals surface area contributed by atoms with E-state index in [1.807, 2.05) is 36.4 Å². The highest BCUT2D eigenvalue weighted by molar-refractivity contribution is 6.31. The van der Waals surface area contributed by atoms with Crippen molar-refractivity contribution in [3.8, 4) is 0 Å². The molecule has 1 aliphatic rings. The number of aromatic nitrogens is 1. The minimum Gasteiger partial charge on any atom is -0.353 e. The van der Waals surface area contributed by atoms with Crippen LogP contribution in [-0.4, -0.2) is 16.5 Å². The number of nitrogens with zero attached hydrogens (tertiary/aromatic N) is 1. The molecule has 0 fully saturated rings. The first kappa shape index (κ1) is 17.9. The van der Waals surface area contributed by atoms with E-state index in [1.165, 1.54) is 17.0 Å². The molecule has 4 aromatic rings. The summed E-state index contributed by atoms with van der Waals surface area (Å²) in [6, 6.07) is 23.1. The molecule has 3 aromatic carbocycles. The smallest absolute Gasteiger partial charge is 0.269 e. The number of nitro groups is 1. The predicted molar refractivity (Wildman–Crippen MR) is 113 cm³/mol. The molecule has 144 valence electrons. The number of nitro benzene ring substituents is 1. The van der Waals surface area contributed by atoms with E-state index >= 15 is 0 Å². The third-order valence-electron chi connectivity index (χ3n) is 5.76. The van der Waals surface area contributed by atoms with Crippen molar-refractivity contribution in [3.05, 3.63) is 110 Å². The van der Waals surface area contributed by atoms with E-state index in [2.05, 4.69) is 28.5 Å². The number of halogens is 1. The summed E-state index contributed by atoms with van der Waals surface area (Å²) < 4.78 is 0. The normalized spacial score (nSPS) is 18.5. The first-order valence-corrected chi connectivity index (χ1v) is 9.94. The van der Waals surface area contributed by atoms with E-state index in [0.717, 1.165) is 33.9 Å². The van der Waals surface area contributed by atoms with Crippen LogP contribution in [0.4, 0.5) is 5.69 Å². The van der Waals surface area contributed by atoms with Crippen LogP contribution < -0.4 is 5.32 Å². The lowest BCUT2D eigenvalue weighted by molar-refractivity contribution is -0.692. The molecule has 0 aliphatic carbocycles. The maximum absolute atomic E-state index is 11.3. The summed E-state index contributed by atoms with van der Waals surface area (Å²) >= 11 is 6.55. The van der Waals surface area contributed by atoms with Gasteiger partial charge in [0.05, 0.1) is 23.1 Å². The van der Waals surface area contributed by atoms with Crippen LogP contribution in [0.5, 0.6) is 0 Å². The molecule has 2 atom stereocenters. The SMILES string of the molecule is O=[N+]([O-])c1cccc([C@@H]2[NH2+]C[C@H](c3ccccc3Cl)c3c2[nH]c2ccccc32)c1. The highest BCUT2D eigenvalue weighted by Gasteiger charge is 2.36. The van der Waals surface area contributed by atoms with Crippen molar-refractivity contribution in [2.45, 2.75) is 12.0 Å². The third-order valence-corrected chi connectivity index (χ3v) is 6.11. The van der Waals surface area contributed by atoms with Crippen molar-refractivity contribution in [2.75, 3.05) is 6.54 Å². The second-order valence-electron chi connectivity index (χ2n) is 7.37. The number of aromatic amines is 1. The quantitative estimate of drug-likeness (QED) is 0.389. The molecule has 5 rings (SSSR count). The zero-order chi connectivity index (χ0) is 20.0. The van der Waals surface area contributed by atoms with Crippen molar-refractivity contribution in [1.82, 2.24) is 4.98 Å². The lowest BCUT2D eigenvalue weighted by Crippen LogP contribution is -2.88. The lowest BCUT2D eigenvalue weighted by atomic mass is 9.83. The van der Waals surface area contributed by atoms with Crippen LogP contribution in [0.25, 0.3) is 10.9 Å². The van der Waals surface area contributed by atoms with Crippen molar-refractivity contribution in [1.29, 1.82) is 0 Å². The molecule has 1 aliphatic heterocycles. The summed E-state index contributed by atoms with van der Waals surface area (Å²) in [5.41, 5.74) is 5.52. The van der Waals surface area contributed by atoms with Crippen molar-refractivity contribution >= 4 is 28.2 Å². The Kier molecular flexibility index (Phi) is 4.34. The van der Waals surface area contributed by atoms with Gasteiger partial charge in [0.1, 0.15) is 0 Å². The Hall–Kier alpha value is -3.15. The molecule has 0 spiro atoms. The van der Waals surface area contributed by atoms with Crippen molar-refractivity contribution < 1.29 is 10.2 Å². The van der Waals surface area contributed by atoms with Gasteiger partial charge in [-0.1, -0.05) is 60.1 Å². The average molecular weight is 405 g/mol. The van der Waals surface area contributed by atoms with Crippen molar-refractivity contribution in [3.63, 3.8) is 0 Å². The first-order valence-electron chi connectivity index (χ1n) is 9.56. The van der Waals surface area contributed by atoms with Crippen LogP contribution in [0.3, 0.4) is 0 Å². The van der Waals surface area contributed by atoms with Gasteiger partial charge in [0.15, 0.2) is 6.04 Å². The zero-order valence-corrected chi connectivity index (χ0v) is 16.3. The van der Waals surface area contributed by atoms with Gasteiger partial charge in [0.2, 0.25) is 0 Å². The maximum atomic E-state index is 11.3. The summed E-state index contributed by atoms with van der Waals surface area (Å²) in [7, 11) is 0. The van der Waals surface area contributed by atoms with Gasteiger partial charge in [-0.2, -0.15) is 0 Å². The van der Waals surface area contributed by atoms with E-state index in [9.17, 15) is 10.1 Å². The fourth-order valence-corrected chi connectivity index (χ4v) is 4.76. The Labute approximate surface area is 172 Å². The number of hydrogen-bond acceptors (Lipinski definition) is 2. The molecule has 29 heavy (non-hydrogen) atoms. The Balaban J connectivity index is 1.70. The summed E-state index contributed by atoms with van der Waals surface area (Å²) in [6.07, 6.45) is 0. The number of hydrogen-bond donors (Lipinski definition) is 2. The summed E-state index contributed by atoms with van der Waals surface area (Å²) in [6.45, 7) is 0.811. The topological polar surface area (TPSA) is 75.5 Å². The summed E-state index contributed by atoms with van der Waals surface area (Å²) in [4.78, 5) is 14.5. The Morgan fingerprint density at radius 2 is 1.83 bits per heavy atom. The molecular weight excluding hydrogens is 386 g/mol. The summed E-state index contributed by atoms with van der Waals surface area (Å²) in [5.74, 6) is 0.143. The van der Waals surface area contributed by atoms with Gasteiger partial charge in [-0.05, 0) is 17.7 Å². The van der Waals surface area contributed by atoms with Gasteiger partial charge in [0, 0.05) is 39.2 Å². The largest absolute Gasteiger partial charge is 0.353 e. The van der Waals surface area contributed by atoms with Gasteiger partial charge in [-0.15, -0.1) is 0 Å². The number of non-ortho nitro benzene ring substituents is 1. The zero-order valence-electron chi connectivity index (χ0n) is 15.5. The molecule has 1 aromatic heterocycles. The number of nitrogens with one attached hydrogen (secondary N) is 1. The number of rotatable bonds is 3. The van der Waals surface area contributed by atoms with Crippen LogP contribution in [0, 0.1) is 10.1 Å². The number of nitrogens with two attached hydrogens (primary N) is 1. The Morgan fingerprint density at radius 3 is 2.66 bits per heavy atom. The number of quaternary nitrogens is 1. The van der Waals surface area contributed by atoms with Gasteiger partial charge in [-0.3, -0.25) is 10.1 Å². The van der Waals surface area contributed by atoms with Crippen molar-refractivity contribution in [2.24, 2.45) is 0 Å². The third kappa shape index (κ3) is 2.99. The highest BCUT2D eigenvalue weighted by atomic mass is 35.5. The fraction of sp³-hybridized carbons (Fsp3) is 0.130. The molecule has 0 saturated carbocycles. The Bertz CT molecular complexity index is 1230. The number of fused-ring (bicyclic) bond motifs is 3. The van der Waals surface area contributed by atoms with E-state index in [4.69, 9.17) is 11.6 Å². The predicted octanol–water partition coefficient (Wildman–Crippen LogP) is 4.53.